The summed E-state index contributed by atoms with van der Waals surface area (Å²) >= 11 is 0. The Labute approximate surface area is 114 Å². The zero-order valence-corrected chi connectivity index (χ0v) is 11.1. The number of nitrogen functional groups attached to an aromatic ring is 1. The highest BCUT2D eigenvalue weighted by Gasteiger charge is 2.31. The number of fused-ring (bicyclic) bond motifs is 1. The fourth-order valence-electron chi connectivity index (χ4n) is 2.03. The molecule has 0 aliphatic heterocycles. The smallest absolute Gasteiger partial charge is 0.401 e. The molecule has 2 rings (SSSR count). The zero-order valence-electron chi connectivity index (χ0n) is 11.1. The van der Waals surface area contributed by atoms with Crippen molar-refractivity contribution in [2.24, 2.45) is 0 Å². The Hall–Kier alpha value is -1.76. The lowest BCUT2D eigenvalue weighted by Crippen LogP contribution is -2.34. The van der Waals surface area contributed by atoms with Crippen molar-refractivity contribution >= 4 is 16.8 Å². The van der Waals surface area contributed by atoms with E-state index in [2.05, 4.69) is 4.98 Å². The van der Waals surface area contributed by atoms with Gasteiger partial charge in [0.2, 0.25) is 5.89 Å². The minimum atomic E-state index is -4.23. The van der Waals surface area contributed by atoms with Crippen LogP contribution >= 0.6 is 0 Å². The van der Waals surface area contributed by atoms with Crippen LogP contribution < -0.4 is 5.73 Å². The fourth-order valence-corrected chi connectivity index (χ4v) is 2.03. The van der Waals surface area contributed by atoms with Gasteiger partial charge in [0, 0.05) is 5.69 Å². The average Bonchev–Trinajstić information content (AvgIpc) is 2.68. The lowest BCUT2D eigenvalue weighted by Gasteiger charge is -2.21. The Balaban J connectivity index is 2.15. The molecule has 1 aromatic heterocycles. The second-order valence-corrected chi connectivity index (χ2v) is 4.66. The number of nitrogens with two attached hydrogens (primary N) is 1. The molecule has 2 N–H and O–H groups in total. The Morgan fingerprint density at radius 2 is 2.10 bits per heavy atom. The number of oxazole rings is 1. The molecule has 0 unspecified atom stereocenters. The normalized spacial score (nSPS) is 12.4. The summed E-state index contributed by atoms with van der Waals surface area (Å²) in [6.07, 6.45) is -3.60. The van der Waals surface area contributed by atoms with Crippen molar-refractivity contribution in [3.8, 4) is 0 Å². The second-order valence-electron chi connectivity index (χ2n) is 4.66. The van der Waals surface area contributed by atoms with Crippen LogP contribution in [0, 0.1) is 0 Å². The molecule has 2 aromatic rings. The van der Waals surface area contributed by atoms with Crippen molar-refractivity contribution in [1.29, 1.82) is 0 Å². The number of nitrogens with zero attached hydrogens (tertiary/aromatic N) is 2. The highest BCUT2D eigenvalue weighted by Crippen LogP contribution is 2.21. The number of halogens is 3. The van der Waals surface area contributed by atoms with E-state index in [4.69, 9.17) is 10.2 Å². The van der Waals surface area contributed by atoms with Gasteiger partial charge in [-0.05, 0) is 31.2 Å². The Morgan fingerprint density at radius 1 is 1.35 bits per heavy atom. The SMILES string of the molecule is CCCN(Cc1nc2cc(N)ccc2o1)CC(F)(F)F. The molecule has 0 spiro atoms. The van der Waals surface area contributed by atoms with Gasteiger partial charge >= 0.3 is 6.18 Å². The Bertz CT molecular complexity index is 580. The molecule has 1 heterocycles. The molecule has 0 atom stereocenters. The highest BCUT2D eigenvalue weighted by atomic mass is 19.4. The van der Waals surface area contributed by atoms with Crippen LogP contribution in [-0.4, -0.2) is 29.1 Å². The van der Waals surface area contributed by atoms with Crippen molar-refractivity contribution in [3.63, 3.8) is 0 Å². The number of hydrogen-bond acceptors (Lipinski definition) is 4. The van der Waals surface area contributed by atoms with Gasteiger partial charge in [-0.2, -0.15) is 13.2 Å². The van der Waals surface area contributed by atoms with Gasteiger partial charge in [-0.15, -0.1) is 0 Å². The number of hydrogen-bond donors (Lipinski definition) is 1. The van der Waals surface area contributed by atoms with E-state index >= 15 is 0 Å². The molecule has 0 bridgehead atoms. The molecule has 20 heavy (non-hydrogen) atoms. The molecule has 0 radical (unpaired) electrons. The summed E-state index contributed by atoms with van der Waals surface area (Å²) in [6.45, 7) is 1.22. The van der Waals surface area contributed by atoms with E-state index in [9.17, 15) is 13.2 Å². The third kappa shape index (κ3) is 3.86. The van der Waals surface area contributed by atoms with Gasteiger partial charge in [0.25, 0.3) is 0 Å². The van der Waals surface area contributed by atoms with Crippen molar-refractivity contribution in [3.05, 3.63) is 24.1 Å². The molecular weight excluding hydrogens is 271 g/mol. The summed E-state index contributed by atoms with van der Waals surface area (Å²) in [4.78, 5) is 5.44. The minimum absolute atomic E-state index is 0.0297. The van der Waals surface area contributed by atoms with Crippen LogP contribution in [0.25, 0.3) is 11.1 Å². The Morgan fingerprint density at radius 3 is 2.75 bits per heavy atom. The van der Waals surface area contributed by atoms with Crippen LogP contribution in [0.15, 0.2) is 22.6 Å². The van der Waals surface area contributed by atoms with Crippen molar-refractivity contribution in [2.75, 3.05) is 18.8 Å². The molecule has 0 saturated heterocycles. The minimum Gasteiger partial charge on any atom is -0.439 e. The lowest BCUT2D eigenvalue weighted by atomic mass is 10.3. The molecule has 0 amide bonds. The maximum absolute atomic E-state index is 12.5. The van der Waals surface area contributed by atoms with Gasteiger partial charge < -0.3 is 10.2 Å². The molecule has 4 nitrogen and oxygen atoms in total. The molecule has 0 aliphatic carbocycles. The fraction of sp³-hybridized carbons (Fsp3) is 0.462. The molecule has 0 aliphatic rings. The first-order valence-electron chi connectivity index (χ1n) is 6.31. The maximum Gasteiger partial charge on any atom is 0.401 e. The van der Waals surface area contributed by atoms with Crippen LogP contribution in [0.2, 0.25) is 0 Å². The topological polar surface area (TPSA) is 55.3 Å². The second kappa shape index (κ2) is 5.70. The van der Waals surface area contributed by atoms with Crippen LogP contribution in [0.4, 0.5) is 18.9 Å². The highest BCUT2D eigenvalue weighted by molar-refractivity contribution is 5.76. The van der Waals surface area contributed by atoms with Gasteiger partial charge in [0.05, 0.1) is 13.1 Å². The van der Waals surface area contributed by atoms with E-state index in [0.717, 1.165) is 0 Å². The number of alkyl halides is 3. The lowest BCUT2D eigenvalue weighted by molar-refractivity contribution is -0.147. The van der Waals surface area contributed by atoms with Crippen LogP contribution in [0.3, 0.4) is 0 Å². The monoisotopic (exact) mass is 287 g/mol. The van der Waals surface area contributed by atoms with Crippen LogP contribution in [0.5, 0.6) is 0 Å². The molecule has 110 valence electrons. The summed E-state index contributed by atoms with van der Waals surface area (Å²) in [5, 5.41) is 0. The summed E-state index contributed by atoms with van der Waals surface area (Å²) in [5.41, 5.74) is 7.25. The zero-order chi connectivity index (χ0) is 14.8. The number of benzene rings is 1. The first kappa shape index (κ1) is 14.6. The molecule has 7 heteroatoms. The van der Waals surface area contributed by atoms with E-state index < -0.39 is 12.7 Å². The summed E-state index contributed by atoms with van der Waals surface area (Å²) in [6, 6.07) is 4.96. The van der Waals surface area contributed by atoms with Crippen LogP contribution in [0.1, 0.15) is 19.2 Å². The third-order valence-electron chi connectivity index (χ3n) is 2.76. The van der Waals surface area contributed by atoms with E-state index in [-0.39, 0.29) is 12.4 Å². The number of rotatable bonds is 5. The number of anilines is 1. The summed E-state index contributed by atoms with van der Waals surface area (Å²) < 4.78 is 42.9. The van der Waals surface area contributed by atoms with Gasteiger partial charge in [-0.1, -0.05) is 6.92 Å². The molecule has 1 aromatic carbocycles. The van der Waals surface area contributed by atoms with Crippen molar-refractivity contribution in [1.82, 2.24) is 9.88 Å². The largest absolute Gasteiger partial charge is 0.439 e. The van der Waals surface area contributed by atoms with Crippen molar-refractivity contribution in [2.45, 2.75) is 26.1 Å². The first-order chi connectivity index (χ1) is 9.37. The molecular formula is C13H16F3N3O. The molecule has 0 saturated carbocycles. The van der Waals surface area contributed by atoms with Crippen molar-refractivity contribution < 1.29 is 17.6 Å². The summed E-state index contributed by atoms with van der Waals surface area (Å²) in [7, 11) is 0. The number of aromatic nitrogens is 1. The van der Waals surface area contributed by atoms with Gasteiger partial charge in [-0.25, -0.2) is 4.98 Å². The van der Waals surface area contributed by atoms with E-state index in [1.165, 1.54) is 4.90 Å². The predicted octanol–water partition coefficient (Wildman–Crippen LogP) is 3.18. The first-order valence-corrected chi connectivity index (χ1v) is 6.31. The van der Waals surface area contributed by atoms with E-state index in [1.807, 2.05) is 6.92 Å². The van der Waals surface area contributed by atoms with Gasteiger partial charge in [0.1, 0.15) is 5.52 Å². The van der Waals surface area contributed by atoms with Gasteiger partial charge in [0.15, 0.2) is 5.58 Å². The molecule has 0 fully saturated rings. The Kier molecular flexibility index (Phi) is 4.17. The quantitative estimate of drug-likeness (QED) is 0.858. The predicted molar refractivity (Wildman–Crippen MR) is 70.0 cm³/mol. The van der Waals surface area contributed by atoms with E-state index in [0.29, 0.717) is 29.8 Å². The van der Waals surface area contributed by atoms with E-state index in [1.54, 1.807) is 18.2 Å². The standard InChI is InChI=1S/C13H16F3N3O/c1-2-5-19(8-13(14,15)16)7-12-18-10-6-9(17)3-4-11(10)20-12/h3-4,6H,2,5,7-8,17H2,1H3. The maximum atomic E-state index is 12.5. The average molecular weight is 287 g/mol. The summed E-state index contributed by atoms with van der Waals surface area (Å²) in [5.74, 6) is 0.267. The third-order valence-corrected chi connectivity index (χ3v) is 2.76. The van der Waals surface area contributed by atoms with Crippen LogP contribution in [-0.2, 0) is 6.54 Å². The van der Waals surface area contributed by atoms with Gasteiger partial charge in [-0.3, -0.25) is 4.90 Å².